The molecule has 0 bridgehead atoms. The molecular weight excluding hydrogens is 361 g/mol. The molecule has 0 spiro atoms. The highest BCUT2D eigenvalue weighted by molar-refractivity contribution is 5.94. The molecule has 4 rings (SSSR count). The van der Waals surface area contributed by atoms with E-state index in [4.69, 9.17) is 9.47 Å². The summed E-state index contributed by atoms with van der Waals surface area (Å²) in [5, 5.41) is 2.89. The number of hydrogen-bond donors (Lipinski definition) is 1. The van der Waals surface area contributed by atoms with Crippen LogP contribution >= 0.6 is 0 Å². The summed E-state index contributed by atoms with van der Waals surface area (Å²) in [5.41, 5.74) is 0.473. The number of amides is 1. The third-order valence-electron chi connectivity index (χ3n) is 5.13. The second-order valence-corrected chi connectivity index (χ2v) is 6.97. The molecular formula is C21H24FN3O3. The van der Waals surface area contributed by atoms with Gasteiger partial charge in [0.15, 0.2) is 17.7 Å². The van der Waals surface area contributed by atoms with Crippen LogP contribution in [0.3, 0.4) is 0 Å². The molecule has 1 N–H and O–H groups in total. The molecule has 1 atom stereocenters. The van der Waals surface area contributed by atoms with Crippen molar-refractivity contribution >= 4 is 5.91 Å². The second kappa shape index (κ2) is 8.58. The largest absolute Gasteiger partial charge is 0.484 e. The van der Waals surface area contributed by atoms with Crippen LogP contribution < -0.4 is 14.8 Å². The maximum Gasteiger partial charge on any atom is 0.251 e. The molecule has 7 heteroatoms. The first-order valence-electron chi connectivity index (χ1n) is 9.58. The number of ether oxygens (including phenoxy) is 2. The number of halogens is 1. The van der Waals surface area contributed by atoms with E-state index in [1.807, 2.05) is 24.3 Å². The van der Waals surface area contributed by atoms with Gasteiger partial charge in [-0.2, -0.15) is 0 Å². The zero-order chi connectivity index (χ0) is 19.3. The number of piperazine rings is 1. The van der Waals surface area contributed by atoms with E-state index in [1.165, 1.54) is 24.3 Å². The summed E-state index contributed by atoms with van der Waals surface area (Å²) >= 11 is 0. The first kappa shape index (κ1) is 18.7. The maximum atomic E-state index is 12.9. The lowest BCUT2D eigenvalue weighted by Crippen LogP contribution is -2.55. The highest BCUT2D eigenvalue weighted by Crippen LogP contribution is 2.31. The predicted octanol–water partition coefficient (Wildman–Crippen LogP) is 1.97. The number of carbonyl (C=O) groups is 1. The summed E-state index contributed by atoms with van der Waals surface area (Å²) in [6, 6.07) is 13.3. The van der Waals surface area contributed by atoms with Gasteiger partial charge in [-0.3, -0.25) is 14.6 Å². The van der Waals surface area contributed by atoms with E-state index >= 15 is 0 Å². The minimum atomic E-state index is -0.342. The fraction of sp³-hybridized carbons (Fsp3) is 0.381. The summed E-state index contributed by atoms with van der Waals surface area (Å²) in [5.74, 6) is 1.08. The standard InChI is InChI=1S/C21H24FN3O3/c22-17-7-5-16(6-8-17)21(26)23-9-10-24-11-13-25(14-12-24)20-15-27-18-3-1-2-4-19(18)28-20/h1-8,20H,9-15H2,(H,23,26). The molecule has 1 saturated heterocycles. The molecule has 2 heterocycles. The number of benzene rings is 2. The van der Waals surface area contributed by atoms with Crippen LogP contribution in [0.5, 0.6) is 11.5 Å². The number of carbonyl (C=O) groups excluding carboxylic acids is 1. The normalized spacial score (nSPS) is 20.0. The second-order valence-electron chi connectivity index (χ2n) is 6.97. The third-order valence-corrected chi connectivity index (χ3v) is 5.13. The van der Waals surface area contributed by atoms with Crippen molar-refractivity contribution in [3.05, 3.63) is 59.9 Å². The molecule has 2 aromatic carbocycles. The molecule has 1 amide bonds. The van der Waals surface area contributed by atoms with E-state index in [-0.39, 0.29) is 18.0 Å². The number of rotatable bonds is 5. The fourth-order valence-corrected chi connectivity index (χ4v) is 3.49. The lowest BCUT2D eigenvalue weighted by atomic mass is 10.2. The van der Waals surface area contributed by atoms with Gasteiger partial charge in [-0.1, -0.05) is 12.1 Å². The van der Waals surface area contributed by atoms with Crippen LogP contribution in [0, 0.1) is 5.82 Å². The van der Waals surface area contributed by atoms with Gasteiger partial charge in [0.25, 0.3) is 5.91 Å². The first-order valence-corrected chi connectivity index (χ1v) is 9.58. The van der Waals surface area contributed by atoms with Gasteiger partial charge in [-0.25, -0.2) is 4.39 Å². The summed E-state index contributed by atoms with van der Waals surface area (Å²) < 4.78 is 24.8. The van der Waals surface area contributed by atoms with Crippen molar-refractivity contribution in [2.75, 3.05) is 45.9 Å². The van der Waals surface area contributed by atoms with Crippen molar-refractivity contribution in [2.45, 2.75) is 6.23 Å². The van der Waals surface area contributed by atoms with Crippen LogP contribution in [-0.4, -0.2) is 67.8 Å². The summed E-state index contributed by atoms with van der Waals surface area (Å²) in [6.45, 7) is 5.48. The minimum absolute atomic E-state index is 0.0600. The minimum Gasteiger partial charge on any atom is -0.484 e. The van der Waals surface area contributed by atoms with Gasteiger partial charge < -0.3 is 14.8 Å². The van der Waals surface area contributed by atoms with E-state index in [9.17, 15) is 9.18 Å². The van der Waals surface area contributed by atoms with Gasteiger partial charge in [0, 0.05) is 44.8 Å². The Morgan fingerprint density at radius 3 is 2.50 bits per heavy atom. The number of nitrogens with one attached hydrogen (secondary N) is 1. The number of fused-ring (bicyclic) bond motifs is 1. The van der Waals surface area contributed by atoms with E-state index in [2.05, 4.69) is 15.1 Å². The highest BCUT2D eigenvalue weighted by Gasteiger charge is 2.29. The molecule has 6 nitrogen and oxygen atoms in total. The van der Waals surface area contributed by atoms with E-state index in [0.29, 0.717) is 18.7 Å². The van der Waals surface area contributed by atoms with Gasteiger partial charge in [-0.15, -0.1) is 0 Å². The van der Waals surface area contributed by atoms with Gasteiger partial charge >= 0.3 is 0 Å². The zero-order valence-electron chi connectivity index (χ0n) is 15.6. The van der Waals surface area contributed by atoms with Gasteiger partial charge in [0.1, 0.15) is 12.4 Å². The predicted molar refractivity (Wildman–Crippen MR) is 103 cm³/mol. The Morgan fingerprint density at radius 2 is 1.75 bits per heavy atom. The molecule has 2 aromatic rings. The van der Waals surface area contributed by atoms with E-state index < -0.39 is 0 Å². The first-order chi connectivity index (χ1) is 13.7. The molecule has 0 saturated carbocycles. The van der Waals surface area contributed by atoms with Crippen LogP contribution in [0.4, 0.5) is 4.39 Å². The maximum absolute atomic E-state index is 12.9. The summed E-state index contributed by atoms with van der Waals surface area (Å²) in [4.78, 5) is 16.7. The van der Waals surface area contributed by atoms with Crippen molar-refractivity contribution in [3.8, 4) is 11.5 Å². The third kappa shape index (κ3) is 4.43. The Morgan fingerprint density at radius 1 is 1.04 bits per heavy atom. The Bertz CT molecular complexity index is 807. The Kier molecular flexibility index (Phi) is 5.73. The highest BCUT2D eigenvalue weighted by atomic mass is 19.1. The average Bonchev–Trinajstić information content (AvgIpc) is 2.74. The van der Waals surface area contributed by atoms with Crippen LogP contribution in [-0.2, 0) is 0 Å². The fourth-order valence-electron chi connectivity index (χ4n) is 3.49. The lowest BCUT2D eigenvalue weighted by Gasteiger charge is -2.40. The molecule has 2 aliphatic heterocycles. The van der Waals surface area contributed by atoms with E-state index in [0.717, 1.165) is 44.2 Å². The number of nitrogens with zero attached hydrogens (tertiary/aromatic N) is 2. The molecule has 0 aromatic heterocycles. The molecule has 1 unspecified atom stereocenters. The van der Waals surface area contributed by atoms with Crippen LogP contribution in [0.1, 0.15) is 10.4 Å². The quantitative estimate of drug-likeness (QED) is 0.853. The Balaban J connectivity index is 1.19. The summed E-state index contributed by atoms with van der Waals surface area (Å²) in [7, 11) is 0. The smallest absolute Gasteiger partial charge is 0.251 e. The Labute approximate surface area is 163 Å². The molecule has 148 valence electrons. The molecule has 2 aliphatic rings. The van der Waals surface area contributed by atoms with Gasteiger partial charge in [0.05, 0.1) is 0 Å². The molecule has 0 radical (unpaired) electrons. The lowest BCUT2D eigenvalue weighted by molar-refractivity contribution is -0.0490. The molecule has 1 fully saturated rings. The van der Waals surface area contributed by atoms with Crippen LogP contribution in [0.25, 0.3) is 0 Å². The molecule has 28 heavy (non-hydrogen) atoms. The van der Waals surface area contributed by atoms with Crippen molar-refractivity contribution in [1.29, 1.82) is 0 Å². The zero-order valence-corrected chi connectivity index (χ0v) is 15.6. The summed E-state index contributed by atoms with van der Waals surface area (Å²) in [6.07, 6.45) is -0.0600. The van der Waals surface area contributed by atoms with Gasteiger partial charge in [-0.05, 0) is 36.4 Å². The van der Waals surface area contributed by atoms with Crippen LogP contribution in [0.15, 0.2) is 48.5 Å². The van der Waals surface area contributed by atoms with Gasteiger partial charge in [0.2, 0.25) is 0 Å². The van der Waals surface area contributed by atoms with Crippen molar-refractivity contribution in [2.24, 2.45) is 0 Å². The SMILES string of the molecule is O=C(NCCN1CCN(C2COc3ccccc3O2)CC1)c1ccc(F)cc1. The monoisotopic (exact) mass is 385 g/mol. The van der Waals surface area contributed by atoms with E-state index in [1.54, 1.807) is 0 Å². The van der Waals surface area contributed by atoms with Crippen molar-refractivity contribution < 1.29 is 18.7 Å². The number of hydrogen-bond acceptors (Lipinski definition) is 5. The molecule has 0 aliphatic carbocycles. The topological polar surface area (TPSA) is 54.0 Å². The van der Waals surface area contributed by atoms with Crippen molar-refractivity contribution in [1.82, 2.24) is 15.1 Å². The Hall–Kier alpha value is -2.64. The average molecular weight is 385 g/mol. The van der Waals surface area contributed by atoms with Crippen LogP contribution in [0.2, 0.25) is 0 Å². The number of para-hydroxylation sites is 2. The van der Waals surface area contributed by atoms with Crippen molar-refractivity contribution in [3.63, 3.8) is 0 Å².